The van der Waals surface area contributed by atoms with Crippen LogP contribution in [0.2, 0.25) is 0 Å². The number of rotatable bonds is 5. The molecule has 0 bridgehead atoms. The van der Waals surface area contributed by atoms with E-state index >= 15 is 0 Å². The zero-order valence-electron chi connectivity index (χ0n) is 9.64. The molecule has 1 rings (SSSR count). The number of halogens is 3. The first kappa shape index (κ1) is 13.6. The van der Waals surface area contributed by atoms with Crippen molar-refractivity contribution in [2.75, 3.05) is 0 Å². The number of alkyl halides is 1. The van der Waals surface area contributed by atoms with Crippen molar-refractivity contribution in [3.05, 3.63) is 35.4 Å². The molecule has 0 fully saturated rings. The largest absolute Gasteiger partial charge is 0.207 e. The first-order chi connectivity index (χ1) is 7.56. The van der Waals surface area contributed by atoms with E-state index in [-0.39, 0.29) is 10.4 Å². The summed E-state index contributed by atoms with van der Waals surface area (Å²) in [5.74, 6) is -0.481. The van der Waals surface area contributed by atoms with E-state index in [2.05, 4.69) is 29.8 Å². The van der Waals surface area contributed by atoms with E-state index in [1.165, 1.54) is 18.2 Å². The van der Waals surface area contributed by atoms with E-state index in [0.717, 1.165) is 12.8 Å². The Morgan fingerprint density at radius 3 is 2.31 bits per heavy atom. The second kappa shape index (κ2) is 6.33. The summed E-state index contributed by atoms with van der Waals surface area (Å²) < 4.78 is 26.8. The molecule has 0 N–H and O–H groups in total. The van der Waals surface area contributed by atoms with Gasteiger partial charge < -0.3 is 0 Å². The van der Waals surface area contributed by atoms with Crippen molar-refractivity contribution >= 4 is 15.9 Å². The molecule has 0 saturated carbocycles. The van der Waals surface area contributed by atoms with Gasteiger partial charge in [0, 0.05) is 10.4 Å². The van der Waals surface area contributed by atoms with Crippen LogP contribution >= 0.6 is 15.9 Å². The van der Waals surface area contributed by atoms with Crippen molar-refractivity contribution in [3.63, 3.8) is 0 Å². The summed E-state index contributed by atoms with van der Waals surface area (Å²) in [5.41, 5.74) is 0.187. The second-order valence-corrected chi connectivity index (χ2v) is 5.36. The molecule has 0 radical (unpaired) electrons. The van der Waals surface area contributed by atoms with Crippen LogP contribution in [0, 0.1) is 17.6 Å². The van der Waals surface area contributed by atoms with Crippen LogP contribution < -0.4 is 0 Å². The fourth-order valence-electron chi connectivity index (χ4n) is 1.76. The Morgan fingerprint density at radius 1 is 1.25 bits per heavy atom. The van der Waals surface area contributed by atoms with Gasteiger partial charge in [0.15, 0.2) is 0 Å². The smallest absolute Gasteiger partial charge is 0.129 e. The van der Waals surface area contributed by atoms with Crippen molar-refractivity contribution in [1.82, 2.24) is 0 Å². The Morgan fingerprint density at radius 2 is 1.81 bits per heavy atom. The Hall–Kier alpha value is -0.440. The maximum Gasteiger partial charge on any atom is 0.129 e. The highest BCUT2D eigenvalue weighted by molar-refractivity contribution is 9.09. The Kier molecular flexibility index (Phi) is 5.39. The quantitative estimate of drug-likeness (QED) is 0.689. The lowest BCUT2D eigenvalue weighted by Gasteiger charge is -2.18. The fourth-order valence-corrected chi connectivity index (χ4v) is 2.35. The Bertz CT molecular complexity index is 318. The van der Waals surface area contributed by atoms with Crippen molar-refractivity contribution in [2.24, 2.45) is 5.92 Å². The first-order valence-electron chi connectivity index (χ1n) is 5.63. The minimum atomic E-state index is -0.451. The van der Waals surface area contributed by atoms with Crippen LogP contribution in [0.5, 0.6) is 0 Å². The molecule has 2 atom stereocenters. The van der Waals surface area contributed by atoms with Gasteiger partial charge in [-0.2, -0.15) is 0 Å². The van der Waals surface area contributed by atoms with Crippen LogP contribution in [0.4, 0.5) is 8.78 Å². The normalized spacial score (nSPS) is 14.8. The molecular weight excluding hydrogens is 274 g/mol. The van der Waals surface area contributed by atoms with E-state index in [4.69, 9.17) is 0 Å². The third-order valence-electron chi connectivity index (χ3n) is 2.82. The van der Waals surface area contributed by atoms with E-state index < -0.39 is 11.6 Å². The summed E-state index contributed by atoms with van der Waals surface area (Å²) in [6.45, 7) is 4.21. The van der Waals surface area contributed by atoms with Crippen LogP contribution in [-0.2, 0) is 6.42 Å². The monoisotopic (exact) mass is 290 g/mol. The van der Waals surface area contributed by atoms with Crippen LogP contribution in [0.25, 0.3) is 0 Å². The lowest BCUT2D eigenvalue weighted by molar-refractivity contribution is 0.485. The molecule has 16 heavy (non-hydrogen) atoms. The molecule has 90 valence electrons. The maximum absolute atomic E-state index is 13.4. The van der Waals surface area contributed by atoms with Crippen molar-refractivity contribution in [2.45, 2.75) is 37.9 Å². The number of hydrogen-bond donors (Lipinski definition) is 0. The predicted molar refractivity (Wildman–Crippen MR) is 66.8 cm³/mol. The molecule has 0 aliphatic rings. The highest BCUT2D eigenvalue weighted by Gasteiger charge is 2.18. The zero-order chi connectivity index (χ0) is 12.1. The predicted octanol–water partition coefficient (Wildman–Crippen LogP) is 4.71. The van der Waals surface area contributed by atoms with Gasteiger partial charge in [-0.05, 0) is 30.9 Å². The first-order valence-corrected chi connectivity index (χ1v) is 6.54. The van der Waals surface area contributed by atoms with E-state index in [1.54, 1.807) is 0 Å². The third kappa shape index (κ3) is 3.55. The summed E-state index contributed by atoms with van der Waals surface area (Å²) in [4.78, 5) is 0.124. The van der Waals surface area contributed by atoms with Gasteiger partial charge >= 0.3 is 0 Å². The molecule has 3 heteroatoms. The van der Waals surface area contributed by atoms with Gasteiger partial charge in [0.2, 0.25) is 0 Å². The van der Waals surface area contributed by atoms with Gasteiger partial charge in [0.05, 0.1) is 0 Å². The minimum Gasteiger partial charge on any atom is -0.207 e. The highest BCUT2D eigenvalue weighted by Crippen LogP contribution is 2.24. The second-order valence-electron chi connectivity index (χ2n) is 4.19. The van der Waals surface area contributed by atoms with Crippen LogP contribution in [-0.4, -0.2) is 4.83 Å². The summed E-state index contributed by atoms with van der Waals surface area (Å²) in [5, 5.41) is 0. The molecule has 1 aromatic carbocycles. The maximum atomic E-state index is 13.4. The molecule has 0 aliphatic heterocycles. The molecular formula is C13H17BrF2. The Labute approximate surface area is 104 Å². The summed E-state index contributed by atoms with van der Waals surface area (Å²) in [7, 11) is 0. The van der Waals surface area contributed by atoms with Gasteiger partial charge in [-0.3, -0.25) is 0 Å². The van der Waals surface area contributed by atoms with Crippen LogP contribution in [0.15, 0.2) is 18.2 Å². The van der Waals surface area contributed by atoms with Crippen LogP contribution in [0.3, 0.4) is 0 Å². The summed E-state index contributed by atoms with van der Waals surface area (Å²) >= 11 is 3.52. The van der Waals surface area contributed by atoms with Crippen molar-refractivity contribution in [1.29, 1.82) is 0 Å². The molecule has 0 aromatic heterocycles. The van der Waals surface area contributed by atoms with Gasteiger partial charge in [-0.1, -0.05) is 42.3 Å². The lowest BCUT2D eigenvalue weighted by Crippen LogP contribution is -2.15. The lowest BCUT2D eigenvalue weighted by atomic mass is 9.96. The molecule has 0 saturated heterocycles. The fraction of sp³-hybridized carbons (Fsp3) is 0.538. The number of benzene rings is 1. The van der Waals surface area contributed by atoms with Gasteiger partial charge in [-0.25, -0.2) is 8.78 Å². The average molecular weight is 291 g/mol. The summed E-state index contributed by atoms with van der Waals surface area (Å²) in [6.07, 6.45) is 2.55. The number of hydrogen-bond acceptors (Lipinski definition) is 0. The van der Waals surface area contributed by atoms with E-state index in [9.17, 15) is 8.78 Å². The molecule has 0 aliphatic carbocycles. The van der Waals surface area contributed by atoms with Gasteiger partial charge in [-0.15, -0.1) is 0 Å². The summed E-state index contributed by atoms with van der Waals surface area (Å²) in [6, 6.07) is 4.01. The van der Waals surface area contributed by atoms with Gasteiger partial charge in [0.25, 0.3) is 0 Å². The highest BCUT2D eigenvalue weighted by atomic mass is 79.9. The minimum absolute atomic E-state index is 0.124. The molecule has 0 nitrogen and oxygen atoms in total. The van der Waals surface area contributed by atoms with Crippen LogP contribution in [0.1, 0.15) is 32.3 Å². The van der Waals surface area contributed by atoms with Gasteiger partial charge in [0.1, 0.15) is 11.6 Å². The van der Waals surface area contributed by atoms with Crippen molar-refractivity contribution < 1.29 is 8.78 Å². The molecule has 0 spiro atoms. The SMILES string of the molecule is CCCC(C)C(Br)Cc1c(F)cccc1F. The van der Waals surface area contributed by atoms with Crippen molar-refractivity contribution in [3.8, 4) is 0 Å². The standard InChI is InChI=1S/C13H17BrF2/c1-3-5-9(2)11(14)8-10-12(15)6-4-7-13(10)16/h4,6-7,9,11H,3,5,8H2,1-2H3. The third-order valence-corrected chi connectivity index (χ3v) is 4.05. The molecule has 0 amide bonds. The molecule has 0 heterocycles. The molecule has 1 aromatic rings. The topological polar surface area (TPSA) is 0 Å². The zero-order valence-corrected chi connectivity index (χ0v) is 11.2. The molecule has 2 unspecified atom stereocenters. The van der Waals surface area contributed by atoms with E-state index in [0.29, 0.717) is 12.3 Å². The van der Waals surface area contributed by atoms with E-state index in [1.807, 2.05) is 0 Å². The average Bonchev–Trinajstić information content (AvgIpc) is 2.23. The Balaban J connectivity index is 2.72.